The Morgan fingerprint density at radius 1 is 1.29 bits per heavy atom. The van der Waals surface area contributed by atoms with Gasteiger partial charge < -0.3 is 5.32 Å². The maximum atomic E-state index is 13.6. The van der Waals surface area contributed by atoms with E-state index in [9.17, 15) is 17.6 Å². The van der Waals surface area contributed by atoms with Crippen LogP contribution in [0.1, 0.15) is 28.4 Å². The van der Waals surface area contributed by atoms with Gasteiger partial charge in [0.05, 0.1) is 11.9 Å². The Morgan fingerprint density at radius 3 is 2.75 bits per heavy atom. The summed E-state index contributed by atoms with van der Waals surface area (Å²) in [5.41, 5.74) is 2.67. The molecular weight excluding hydrogens is 399 g/mol. The van der Waals surface area contributed by atoms with Crippen molar-refractivity contribution in [2.75, 3.05) is 22.9 Å². The first-order valence-corrected chi connectivity index (χ1v) is 12.0. The summed E-state index contributed by atoms with van der Waals surface area (Å²) in [6.45, 7) is 2.33. The molecule has 0 aliphatic carbocycles. The predicted molar refractivity (Wildman–Crippen MR) is 112 cm³/mol. The van der Waals surface area contributed by atoms with Crippen molar-refractivity contribution in [2.45, 2.75) is 25.1 Å². The summed E-state index contributed by atoms with van der Waals surface area (Å²) < 4.78 is 38.9. The second-order valence-electron chi connectivity index (χ2n) is 6.86. The number of sulfonamides is 1. The minimum atomic E-state index is -3.34. The summed E-state index contributed by atoms with van der Waals surface area (Å²) in [4.78, 5) is 12.4. The van der Waals surface area contributed by atoms with Crippen LogP contribution < -0.4 is 9.62 Å². The molecule has 0 bridgehead atoms. The summed E-state index contributed by atoms with van der Waals surface area (Å²) in [7, 11) is -3.34. The van der Waals surface area contributed by atoms with E-state index in [1.807, 2.05) is 6.92 Å². The molecule has 1 N–H and O–H groups in total. The molecule has 1 unspecified atom stereocenters. The summed E-state index contributed by atoms with van der Waals surface area (Å²) in [6, 6.07) is 11.6. The van der Waals surface area contributed by atoms with Gasteiger partial charge in [-0.3, -0.25) is 9.10 Å². The van der Waals surface area contributed by atoms with Crippen LogP contribution in [0.5, 0.6) is 0 Å². The Kier molecular flexibility index (Phi) is 6.30. The van der Waals surface area contributed by atoms with Crippen molar-refractivity contribution in [1.82, 2.24) is 5.32 Å². The first-order valence-electron chi connectivity index (χ1n) is 8.99. The number of nitrogens with zero attached hydrogens (tertiary/aromatic N) is 1. The molecule has 1 atom stereocenters. The molecule has 1 amide bonds. The molecule has 3 rings (SSSR count). The Hall–Kier alpha value is -2.06. The zero-order valence-electron chi connectivity index (χ0n) is 15.8. The van der Waals surface area contributed by atoms with Crippen LogP contribution in [-0.2, 0) is 22.2 Å². The first kappa shape index (κ1) is 20.7. The van der Waals surface area contributed by atoms with Crippen molar-refractivity contribution in [1.29, 1.82) is 0 Å². The monoisotopic (exact) mass is 422 g/mol. The molecule has 0 saturated carbocycles. The van der Waals surface area contributed by atoms with Gasteiger partial charge in [-0.1, -0.05) is 18.2 Å². The van der Waals surface area contributed by atoms with Crippen molar-refractivity contribution < 1.29 is 17.6 Å². The average molecular weight is 423 g/mol. The summed E-state index contributed by atoms with van der Waals surface area (Å²) in [5.74, 6) is 0.819. The van der Waals surface area contributed by atoms with Gasteiger partial charge >= 0.3 is 0 Å². The fourth-order valence-electron chi connectivity index (χ4n) is 3.39. The first-order chi connectivity index (χ1) is 13.3. The Labute approximate surface area is 169 Å². The number of anilines is 1. The molecule has 0 radical (unpaired) electrons. The number of halogens is 1. The van der Waals surface area contributed by atoms with Crippen LogP contribution >= 0.6 is 11.8 Å². The number of rotatable bonds is 7. The normalized spacial score (nSPS) is 16.1. The number of carbonyl (C=O) groups is 1. The van der Waals surface area contributed by atoms with Crippen LogP contribution in [0.25, 0.3) is 0 Å². The van der Waals surface area contributed by atoms with Crippen LogP contribution in [0.3, 0.4) is 0 Å². The number of thioether (sulfide) groups is 1. The second kappa shape index (κ2) is 8.53. The molecule has 2 aromatic carbocycles. The lowest BCUT2D eigenvalue weighted by Crippen LogP contribution is -2.34. The van der Waals surface area contributed by atoms with E-state index >= 15 is 0 Å². The minimum absolute atomic E-state index is 0.155. The van der Waals surface area contributed by atoms with Crippen molar-refractivity contribution in [3.05, 3.63) is 65.0 Å². The van der Waals surface area contributed by atoms with Gasteiger partial charge in [-0.2, -0.15) is 11.8 Å². The largest absolute Gasteiger partial charge is 0.351 e. The van der Waals surface area contributed by atoms with E-state index in [0.717, 1.165) is 5.56 Å². The molecule has 1 aliphatic heterocycles. The molecule has 28 heavy (non-hydrogen) atoms. The molecule has 2 aromatic rings. The van der Waals surface area contributed by atoms with Gasteiger partial charge in [0, 0.05) is 29.7 Å². The number of hydrogen-bond donors (Lipinski definition) is 1. The Bertz CT molecular complexity index is 979. The SMILES string of the molecule is CC1Cc2cc(C(=O)NCCSCc3ccccc3F)ccc2N1S(C)(=O)=O. The van der Waals surface area contributed by atoms with Crippen LogP contribution in [-0.4, -0.2) is 38.9 Å². The van der Waals surface area contributed by atoms with Gasteiger partial charge in [0.25, 0.3) is 5.91 Å². The van der Waals surface area contributed by atoms with E-state index in [2.05, 4.69) is 5.32 Å². The lowest BCUT2D eigenvalue weighted by atomic mass is 10.1. The van der Waals surface area contributed by atoms with E-state index < -0.39 is 10.0 Å². The Balaban J connectivity index is 1.53. The second-order valence-corrected chi connectivity index (χ2v) is 9.82. The predicted octanol–water partition coefficient (Wildman–Crippen LogP) is 3.20. The van der Waals surface area contributed by atoms with Crippen molar-refractivity contribution in [2.24, 2.45) is 0 Å². The van der Waals surface area contributed by atoms with Gasteiger partial charge in [0.2, 0.25) is 10.0 Å². The van der Waals surface area contributed by atoms with E-state index in [4.69, 9.17) is 0 Å². The van der Waals surface area contributed by atoms with Gasteiger partial charge in [0.1, 0.15) is 5.82 Å². The van der Waals surface area contributed by atoms with Gasteiger partial charge in [-0.05, 0) is 48.7 Å². The highest BCUT2D eigenvalue weighted by Crippen LogP contribution is 2.34. The molecule has 150 valence electrons. The third-order valence-electron chi connectivity index (χ3n) is 4.60. The fourth-order valence-corrected chi connectivity index (χ4v) is 5.49. The highest BCUT2D eigenvalue weighted by Gasteiger charge is 2.32. The third kappa shape index (κ3) is 4.67. The third-order valence-corrected chi connectivity index (χ3v) is 6.88. The lowest BCUT2D eigenvalue weighted by Gasteiger charge is -2.21. The lowest BCUT2D eigenvalue weighted by molar-refractivity contribution is 0.0956. The topological polar surface area (TPSA) is 66.5 Å². The van der Waals surface area contributed by atoms with Crippen molar-refractivity contribution >= 4 is 33.4 Å². The van der Waals surface area contributed by atoms with Gasteiger partial charge in [0.15, 0.2) is 0 Å². The number of nitrogens with one attached hydrogen (secondary N) is 1. The van der Waals surface area contributed by atoms with Crippen molar-refractivity contribution in [3.8, 4) is 0 Å². The fraction of sp³-hybridized carbons (Fsp3) is 0.350. The van der Waals surface area contributed by atoms with E-state index in [1.54, 1.807) is 48.2 Å². The van der Waals surface area contributed by atoms with Gasteiger partial charge in [-0.25, -0.2) is 12.8 Å². The molecule has 0 spiro atoms. The Morgan fingerprint density at radius 2 is 2.04 bits per heavy atom. The van der Waals surface area contributed by atoms with Crippen molar-refractivity contribution in [3.63, 3.8) is 0 Å². The number of benzene rings is 2. The minimum Gasteiger partial charge on any atom is -0.351 e. The van der Waals surface area contributed by atoms with Crippen LogP contribution in [0.4, 0.5) is 10.1 Å². The highest BCUT2D eigenvalue weighted by molar-refractivity contribution is 7.98. The number of amides is 1. The molecule has 1 aliphatic rings. The summed E-state index contributed by atoms with van der Waals surface area (Å²) >= 11 is 1.55. The summed E-state index contributed by atoms with van der Waals surface area (Å²) in [5, 5.41) is 2.86. The van der Waals surface area contributed by atoms with Crippen LogP contribution in [0.15, 0.2) is 42.5 Å². The highest BCUT2D eigenvalue weighted by atomic mass is 32.2. The zero-order valence-corrected chi connectivity index (χ0v) is 17.4. The smallest absolute Gasteiger partial charge is 0.251 e. The van der Waals surface area contributed by atoms with E-state index in [0.29, 0.717) is 41.3 Å². The molecule has 0 fully saturated rings. The van der Waals surface area contributed by atoms with E-state index in [-0.39, 0.29) is 17.8 Å². The number of fused-ring (bicyclic) bond motifs is 1. The average Bonchev–Trinajstić information content (AvgIpc) is 2.97. The van der Waals surface area contributed by atoms with Crippen LogP contribution in [0.2, 0.25) is 0 Å². The molecule has 5 nitrogen and oxygen atoms in total. The standard InChI is InChI=1S/C20H23FN2O3S2/c1-14-11-17-12-15(7-8-19(17)23(14)28(2,25)26)20(24)22-9-10-27-13-16-5-3-4-6-18(16)21/h3-8,12,14H,9-11,13H2,1-2H3,(H,22,24). The molecular formula is C20H23FN2O3S2. The summed E-state index contributed by atoms with van der Waals surface area (Å²) in [6.07, 6.45) is 1.78. The zero-order chi connectivity index (χ0) is 20.3. The molecule has 0 saturated heterocycles. The van der Waals surface area contributed by atoms with Gasteiger partial charge in [-0.15, -0.1) is 0 Å². The molecule has 8 heteroatoms. The van der Waals surface area contributed by atoms with Crippen LogP contribution in [0, 0.1) is 5.82 Å². The maximum absolute atomic E-state index is 13.6. The maximum Gasteiger partial charge on any atom is 0.251 e. The number of carbonyl (C=O) groups excluding carboxylic acids is 1. The molecule has 1 heterocycles. The quantitative estimate of drug-likeness (QED) is 0.696. The molecule has 0 aromatic heterocycles. The van der Waals surface area contributed by atoms with E-state index in [1.165, 1.54) is 16.6 Å². The number of hydrogen-bond acceptors (Lipinski definition) is 4.